The van der Waals surface area contributed by atoms with Gasteiger partial charge in [0.05, 0.1) is 6.61 Å². The number of hydrogen-bond acceptors (Lipinski definition) is 3. The summed E-state index contributed by atoms with van der Waals surface area (Å²) < 4.78 is 5.68. The number of allylic oxidation sites excluding steroid dienone is 1. The molecule has 142 valence electrons. The van der Waals surface area contributed by atoms with Gasteiger partial charge >= 0.3 is 5.97 Å². The van der Waals surface area contributed by atoms with Crippen molar-refractivity contribution in [3.8, 4) is 0 Å². The summed E-state index contributed by atoms with van der Waals surface area (Å²) >= 11 is 0. The number of aliphatic hydroxyl groups excluding tert-OH is 1. The van der Waals surface area contributed by atoms with E-state index < -0.39 is 0 Å². The fourth-order valence-electron chi connectivity index (χ4n) is 5.65. The molecule has 0 saturated heterocycles. The SMILES string of the molecule is C=C1[C@@H](OC(C)=O)C[C@@H]2C(C)(C)CCC[C@]2(C)[C@@H]1CC/C(C)=C/CO. The maximum absolute atomic E-state index is 11.6. The largest absolute Gasteiger partial charge is 0.458 e. The highest BCUT2D eigenvalue weighted by Crippen LogP contribution is 2.62. The average molecular weight is 349 g/mol. The van der Waals surface area contributed by atoms with Crippen molar-refractivity contribution in [3.05, 3.63) is 23.8 Å². The van der Waals surface area contributed by atoms with Gasteiger partial charge < -0.3 is 9.84 Å². The molecule has 2 aliphatic rings. The molecule has 0 aromatic heterocycles. The number of hydrogen-bond donors (Lipinski definition) is 1. The first-order valence-electron chi connectivity index (χ1n) is 9.74. The molecule has 0 spiro atoms. The van der Waals surface area contributed by atoms with Crippen LogP contribution >= 0.6 is 0 Å². The van der Waals surface area contributed by atoms with Crippen LogP contribution in [0.3, 0.4) is 0 Å². The maximum Gasteiger partial charge on any atom is 0.303 e. The lowest BCUT2D eigenvalue weighted by Crippen LogP contribution is -2.53. The molecule has 0 aliphatic heterocycles. The minimum Gasteiger partial charge on any atom is -0.458 e. The molecule has 25 heavy (non-hydrogen) atoms. The van der Waals surface area contributed by atoms with E-state index in [0.717, 1.165) is 24.8 Å². The van der Waals surface area contributed by atoms with Gasteiger partial charge in [0.15, 0.2) is 0 Å². The molecule has 1 N–H and O–H groups in total. The van der Waals surface area contributed by atoms with Crippen molar-refractivity contribution in [2.24, 2.45) is 22.7 Å². The number of rotatable bonds is 5. The molecule has 0 aromatic carbocycles. The molecule has 2 fully saturated rings. The Kier molecular flexibility index (Phi) is 6.19. The smallest absolute Gasteiger partial charge is 0.303 e. The quantitative estimate of drug-likeness (QED) is 0.559. The monoisotopic (exact) mass is 348 g/mol. The first-order chi connectivity index (χ1) is 11.6. The standard InChI is InChI=1S/C22H36O3/c1-15(10-13-23)8-9-18-16(2)19(25-17(3)24)14-20-21(4,5)11-7-12-22(18,20)6/h10,18-20,23H,2,7-9,11-14H2,1,3-6H3/b15-10+/t18-,19+,20-,22-/m1/s1. The molecular weight excluding hydrogens is 312 g/mol. The molecule has 0 radical (unpaired) electrons. The van der Waals surface area contributed by atoms with Gasteiger partial charge in [-0.3, -0.25) is 4.79 Å². The topological polar surface area (TPSA) is 46.5 Å². The van der Waals surface area contributed by atoms with E-state index >= 15 is 0 Å². The van der Waals surface area contributed by atoms with Crippen LogP contribution in [-0.2, 0) is 9.53 Å². The molecular formula is C22H36O3. The average Bonchev–Trinajstić information content (AvgIpc) is 2.48. The third kappa shape index (κ3) is 4.19. The minimum atomic E-state index is -0.210. The van der Waals surface area contributed by atoms with Crippen molar-refractivity contribution >= 4 is 5.97 Å². The Morgan fingerprint density at radius 2 is 2.00 bits per heavy atom. The molecule has 0 bridgehead atoms. The van der Waals surface area contributed by atoms with Crippen LogP contribution in [0.25, 0.3) is 0 Å². The number of aliphatic hydroxyl groups is 1. The maximum atomic E-state index is 11.6. The fraction of sp³-hybridized carbons (Fsp3) is 0.773. The Morgan fingerprint density at radius 1 is 1.32 bits per heavy atom. The number of carbonyl (C=O) groups is 1. The van der Waals surface area contributed by atoms with Crippen molar-refractivity contribution in [2.75, 3.05) is 6.61 Å². The molecule has 0 amide bonds. The molecule has 0 unspecified atom stereocenters. The summed E-state index contributed by atoms with van der Waals surface area (Å²) in [5.41, 5.74) is 2.80. The molecule has 4 atom stereocenters. The highest BCUT2D eigenvalue weighted by molar-refractivity contribution is 5.66. The Morgan fingerprint density at radius 3 is 2.60 bits per heavy atom. The summed E-state index contributed by atoms with van der Waals surface area (Å²) in [5.74, 6) is 0.687. The van der Waals surface area contributed by atoms with Crippen LogP contribution in [0.2, 0.25) is 0 Å². The van der Waals surface area contributed by atoms with E-state index in [1.165, 1.54) is 31.8 Å². The number of carbonyl (C=O) groups excluding carboxylic acids is 1. The van der Waals surface area contributed by atoms with Gasteiger partial charge in [0.1, 0.15) is 6.10 Å². The third-order valence-electron chi connectivity index (χ3n) is 6.96. The van der Waals surface area contributed by atoms with Crippen LogP contribution in [0.5, 0.6) is 0 Å². The Balaban J connectivity index is 2.31. The van der Waals surface area contributed by atoms with E-state index in [2.05, 4.69) is 34.3 Å². The van der Waals surface area contributed by atoms with Gasteiger partial charge in [-0.25, -0.2) is 0 Å². The van der Waals surface area contributed by atoms with Crippen molar-refractivity contribution in [1.82, 2.24) is 0 Å². The summed E-state index contributed by atoms with van der Waals surface area (Å²) in [4.78, 5) is 11.6. The lowest BCUT2D eigenvalue weighted by molar-refractivity contribution is -0.153. The third-order valence-corrected chi connectivity index (χ3v) is 6.96. The summed E-state index contributed by atoms with van der Waals surface area (Å²) in [7, 11) is 0. The summed E-state index contributed by atoms with van der Waals surface area (Å²) in [6.45, 7) is 15.3. The van der Waals surface area contributed by atoms with E-state index in [4.69, 9.17) is 9.84 Å². The van der Waals surface area contributed by atoms with E-state index in [1.54, 1.807) is 0 Å². The van der Waals surface area contributed by atoms with Gasteiger partial charge in [0.2, 0.25) is 0 Å². The Labute approximate surface area is 153 Å². The highest BCUT2D eigenvalue weighted by Gasteiger charge is 2.55. The van der Waals surface area contributed by atoms with Gasteiger partial charge in [-0.15, -0.1) is 0 Å². The van der Waals surface area contributed by atoms with Crippen molar-refractivity contribution in [2.45, 2.75) is 79.2 Å². The van der Waals surface area contributed by atoms with Gasteiger partial charge in [0, 0.05) is 6.92 Å². The summed E-state index contributed by atoms with van der Waals surface area (Å²) in [6.07, 6.45) is 8.34. The Hall–Kier alpha value is -1.09. The Bertz CT molecular complexity index is 545. The molecule has 2 rings (SSSR count). The zero-order chi connectivity index (χ0) is 18.8. The van der Waals surface area contributed by atoms with Crippen LogP contribution in [0.1, 0.15) is 73.1 Å². The van der Waals surface area contributed by atoms with Crippen molar-refractivity contribution in [1.29, 1.82) is 0 Å². The second-order valence-corrected chi connectivity index (χ2v) is 9.13. The molecule has 2 aliphatic carbocycles. The van der Waals surface area contributed by atoms with Crippen LogP contribution in [-0.4, -0.2) is 23.8 Å². The molecule has 2 saturated carbocycles. The van der Waals surface area contributed by atoms with Gasteiger partial charge in [-0.05, 0) is 67.3 Å². The van der Waals surface area contributed by atoms with Gasteiger partial charge in [0.25, 0.3) is 0 Å². The van der Waals surface area contributed by atoms with Crippen molar-refractivity contribution in [3.63, 3.8) is 0 Å². The zero-order valence-electron chi connectivity index (χ0n) is 16.7. The lowest BCUT2D eigenvalue weighted by Gasteiger charge is -2.59. The normalized spacial score (nSPS) is 35.2. The second-order valence-electron chi connectivity index (χ2n) is 9.13. The molecule has 3 heteroatoms. The number of ether oxygens (including phenoxy) is 1. The van der Waals surface area contributed by atoms with Gasteiger partial charge in [-0.1, -0.05) is 45.4 Å². The lowest BCUT2D eigenvalue weighted by atomic mass is 9.46. The molecule has 0 heterocycles. The predicted octanol–water partition coefficient (Wildman–Crippen LogP) is 5.05. The van der Waals surface area contributed by atoms with Crippen LogP contribution in [0.15, 0.2) is 23.8 Å². The predicted molar refractivity (Wildman–Crippen MR) is 102 cm³/mol. The minimum absolute atomic E-state index is 0.0977. The first-order valence-corrected chi connectivity index (χ1v) is 9.74. The van der Waals surface area contributed by atoms with Crippen LogP contribution in [0, 0.1) is 22.7 Å². The number of fused-ring (bicyclic) bond motifs is 1. The van der Waals surface area contributed by atoms with Crippen LogP contribution < -0.4 is 0 Å². The van der Waals surface area contributed by atoms with E-state index in [-0.39, 0.29) is 29.5 Å². The van der Waals surface area contributed by atoms with E-state index in [0.29, 0.717) is 11.8 Å². The second kappa shape index (κ2) is 7.65. The first kappa shape index (κ1) is 20.2. The van der Waals surface area contributed by atoms with E-state index in [9.17, 15) is 4.79 Å². The molecule has 0 aromatic rings. The van der Waals surface area contributed by atoms with Crippen LogP contribution in [0.4, 0.5) is 0 Å². The van der Waals surface area contributed by atoms with E-state index in [1.807, 2.05) is 6.08 Å². The summed E-state index contributed by atoms with van der Waals surface area (Å²) in [5, 5.41) is 9.12. The highest BCUT2D eigenvalue weighted by atomic mass is 16.5. The fourth-order valence-corrected chi connectivity index (χ4v) is 5.65. The zero-order valence-corrected chi connectivity index (χ0v) is 16.7. The summed E-state index contributed by atoms with van der Waals surface area (Å²) in [6, 6.07) is 0. The van der Waals surface area contributed by atoms with Crippen molar-refractivity contribution < 1.29 is 14.6 Å². The van der Waals surface area contributed by atoms with Gasteiger partial charge in [-0.2, -0.15) is 0 Å². The number of esters is 1. The molecule has 3 nitrogen and oxygen atoms in total.